The van der Waals surface area contributed by atoms with Crippen LogP contribution in [-0.4, -0.2) is 51.3 Å². The highest BCUT2D eigenvalue weighted by atomic mass is 32.1. The monoisotopic (exact) mass is 456 g/mol. The van der Waals surface area contributed by atoms with Gasteiger partial charge in [-0.3, -0.25) is 14.6 Å². The number of rotatable bonds is 7. The van der Waals surface area contributed by atoms with Crippen LogP contribution in [0.1, 0.15) is 47.2 Å². The van der Waals surface area contributed by atoms with Gasteiger partial charge in [0.2, 0.25) is 11.9 Å². The van der Waals surface area contributed by atoms with Crippen molar-refractivity contribution in [3.05, 3.63) is 46.5 Å². The van der Waals surface area contributed by atoms with Gasteiger partial charge in [0.1, 0.15) is 5.82 Å². The lowest BCUT2D eigenvalue weighted by Gasteiger charge is -2.38. The molecular weight excluding hydrogens is 431 g/mol. The van der Waals surface area contributed by atoms with Gasteiger partial charge in [-0.1, -0.05) is 0 Å². The van der Waals surface area contributed by atoms with E-state index in [9.17, 15) is 14.0 Å². The summed E-state index contributed by atoms with van der Waals surface area (Å²) in [5.41, 5.74) is 1.66. The normalized spacial score (nSPS) is 14.8. The third-order valence-corrected chi connectivity index (χ3v) is 6.57. The highest BCUT2D eigenvalue weighted by molar-refractivity contribution is 7.19. The highest BCUT2D eigenvalue weighted by Gasteiger charge is 2.28. The molecule has 3 aromatic heterocycles. The predicted octanol–water partition coefficient (Wildman–Crippen LogP) is 3.31. The van der Waals surface area contributed by atoms with Gasteiger partial charge in [-0.2, -0.15) is 0 Å². The van der Waals surface area contributed by atoms with Crippen LogP contribution in [0.25, 0.3) is 10.2 Å². The number of carbonyl (C=O) groups is 2. The van der Waals surface area contributed by atoms with Crippen LogP contribution in [0.2, 0.25) is 0 Å². The molecule has 4 heterocycles. The molecule has 10 heteroatoms. The molecule has 1 aliphatic rings. The number of hydrogen-bond donors (Lipinski definition) is 2. The molecule has 1 aliphatic heterocycles. The number of nitrogens with one attached hydrogen (secondary N) is 2. The molecule has 1 atom stereocenters. The van der Waals surface area contributed by atoms with E-state index in [1.54, 1.807) is 18.0 Å². The number of nitrogens with zero attached hydrogens (tertiary/aromatic N) is 4. The van der Waals surface area contributed by atoms with Crippen LogP contribution < -0.4 is 10.6 Å². The Bertz CT molecular complexity index is 1160. The standard InChI is InChI=1S/C22H25FN6O2S/c1-12-6-18-20(32-12)19(21(31)25-5-4-15-10-29(11-15)14(3)30)28-22(27-18)26-13(2)16-7-17(23)9-24-8-16/h6-9,13,15H,4-5,10-11H2,1-3H3,(H,25,31)(H,26,27,28)/t13-/m0/s1. The molecule has 0 spiro atoms. The first-order valence-corrected chi connectivity index (χ1v) is 11.3. The van der Waals surface area contributed by atoms with Crippen molar-refractivity contribution in [1.82, 2.24) is 25.2 Å². The summed E-state index contributed by atoms with van der Waals surface area (Å²) in [4.78, 5) is 40.0. The Hall–Kier alpha value is -3.14. The number of amides is 2. The molecule has 0 aliphatic carbocycles. The van der Waals surface area contributed by atoms with Crippen molar-refractivity contribution in [2.75, 3.05) is 25.0 Å². The van der Waals surface area contributed by atoms with Gasteiger partial charge in [0, 0.05) is 37.6 Å². The van der Waals surface area contributed by atoms with E-state index in [-0.39, 0.29) is 17.9 Å². The van der Waals surface area contributed by atoms with Crippen molar-refractivity contribution in [2.24, 2.45) is 5.92 Å². The van der Waals surface area contributed by atoms with Crippen LogP contribution in [0.15, 0.2) is 24.5 Å². The van der Waals surface area contributed by atoms with Crippen molar-refractivity contribution >= 4 is 39.3 Å². The van der Waals surface area contributed by atoms with Crippen LogP contribution in [0.4, 0.5) is 10.3 Å². The van der Waals surface area contributed by atoms with Gasteiger partial charge in [0.25, 0.3) is 5.91 Å². The Morgan fingerprint density at radius 2 is 2.06 bits per heavy atom. The largest absolute Gasteiger partial charge is 0.351 e. The fourth-order valence-corrected chi connectivity index (χ4v) is 4.63. The van der Waals surface area contributed by atoms with Crippen molar-refractivity contribution < 1.29 is 14.0 Å². The van der Waals surface area contributed by atoms with Crippen molar-refractivity contribution in [2.45, 2.75) is 33.2 Å². The van der Waals surface area contributed by atoms with Gasteiger partial charge < -0.3 is 15.5 Å². The molecule has 2 N–H and O–H groups in total. The van der Waals surface area contributed by atoms with E-state index in [0.29, 0.717) is 35.2 Å². The summed E-state index contributed by atoms with van der Waals surface area (Å²) >= 11 is 1.47. The number of carbonyl (C=O) groups excluding carboxylic acids is 2. The van der Waals surface area contributed by atoms with Crippen LogP contribution in [0.5, 0.6) is 0 Å². The zero-order valence-corrected chi connectivity index (χ0v) is 19.0. The summed E-state index contributed by atoms with van der Waals surface area (Å²) in [5.74, 6) is 0.119. The average molecular weight is 457 g/mol. The third-order valence-electron chi connectivity index (χ3n) is 5.52. The van der Waals surface area contributed by atoms with E-state index in [1.807, 2.05) is 19.9 Å². The topological polar surface area (TPSA) is 100 Å². The van der Waals surface area contributed by atoms with Crippen molar-refractivity contribution in [3.8, 4) is 0 Å². The molecule has 4 rings (SSSR count). The van der Waals surface area contributed by atoms with Gasteiger partial charge in [-0.25, -0.2) is 14.4 Å². The molecule has 0 aromatic carbocycles. The SMILES string of the molecule is CC(=O)N1CC(CCNC(=O)c2nc(N[C@@H](C)c3cncc(F)c3)nc3cc(C)sc23)C1. The van der Waals surface area contributed by atoms with Crippen molar-refractivity contribution in [1.29, 1.82) is 0 Å². The van der Waals surface area contributed by atoms with Crippen LogP contribution >= 0.6 is 11.3 Å². The Balaban J connectivity index is 1.46. The number of hydrogen-bond acceptors (Lipinski definition) is 7. The zero-order chi connectivity index (χ0) is 22.8. The van der Waals surface area contributed by atoms with E-state index in [2.05, 4.69) is 25.6 Å². The molecule has 3 aromatic rings. The average Bonchev–Trinajstić information content (AvgIpc) is 3.08. The summed E-state index contributed by atoms with van der Waals surface area (Å²) in [7, 11) is 0. The lowest BCUT2D eigenvalue weighted by atomic mass is 9.96. The molecule has 0 saturated carbocycles. The lowest BCUT2D eigenvalue weighted by molar-refractivity contribution is -0.135. The van der Waals surface area contributed by atoms with E-state index < -0.39 is 5.82 Å². The summed E-state index contributed by atoms with van der Waals surface area (Å²) in [6, 6.07) is 3.02. The Kier molecular flexibility index (Phi) is 6.31. The molecule has 0 radical (unpaired) electrons. The molecule has 2 amide bonds. The second-order valence-electron chi connectivity index (χ2n) is 8.10. The Morgan fingerprint density at radius 3 is 2.78 bits per heavy atom. The van der Waals surface area contributed by atoms with E-state index in [0.717, 1.165) is 35.3 Å². The molecule has 1 fully saturated rings. The van der Waals surface area contributed by atoms with E-state index in [4.69, 9.17) is 0 Å². The third kappa shape index (κ3) is 4.85. The van der Waals surface area contributed by atoms with Gasteiger partial charge in [-0.05, 0) is 43.9 Å². The zero-order valence-electron chi connectivity index (χ0n) is 18.2. The highest BCUT2D eigenvalue weighted by Crippen LogP contribution is 2.28. The summed E-state index contributed by atoms with van der Waals surface area (Å²) < 4.78 is 14.3. The number of fused-ring (bicyclic) bond motifs is 1. The van der Waals surface area contributed by atoms with Gasteiger partial charge in [0.05, 0.1) is 22.5 Å². The molecular formula is C22H25FN6O2S. The number of thiophene rings is 1. The maximum atomic E-state index is 13.5. The molecule has 0 bridgehead atoms. The molecule has 8 nitrogen and oxygen atoms in total. The lowest BCUT2D eigenvalue weighted by Crippen LogP contribution is -2.49. The molecule has 168 valence electrons. The summed E-state index contributed by atoms with van der Waals surface area (Å²) in [6.07, 6.45) is 3.54. The number of anilines is 1. The van der Waals surface area contributed by atoms with Gasteiger partial charge in [-0.15, -0.1) is 11.3 Å². The maximum Gasteiger partial charge on any atom is 0.271 e. The number of likely N-dealkylation sites (tertiary alicyclic amines) is 1. The second kappa shape index (κ2) is 9.15. The van der Waals surface area contributed by atoms with Crippen molar-refractivity contribution in [3.63, 3.8) is 0 Å². The minimum atomic E-state index is -0.418. The van der Waals surface area contributed by atoms with E-state index in [1.165, 1.54) is 17.4 Å². The minimum Gasteiger partial charge on any atom is -0.351 e. The number of aromatic nitrogens is 3. The van der Waals surface area contributed by atoms with Crippen LogP contribution in [0, 0.1) is 18.7 Å². The summed E-state index contributed by atoms with van der Waals surface area (Å²) in [5, 5.41) is 6.10. The molecule has 0 unspecified atom stereocenters. The number of aryl methyl sites for hydroxylation is 1. The predicted molar refractivity (Wildman–Crippen MR) is 121 cm³/mol. The maximum absolute atomic E-state index is 13.5. The smallest absolute Gasteiger partial charge is 0.271 e. The quantitative estimate of drug-likeness (QED) is 0.566. The van der Waals surface area contributed by atoms with Gasteiger partial charge in [0.15, 0.2) is 5.69 Å². The fourth-order valence-electron chi connectivity index (χ4n) is 3.69. The first-order chi connectivity index (χ1) is 15.3. The number of halogens is 1. The van der Waals surface area contributed by atoms with Crippen LogP contribution in [0.3, 0.4) is 0 Å². The second-order valence-corrected chi connectivity index (χ2v) is 9.36. The fraction of sp³-hybridized carbons (Fsp3) is 0.409. The number of pyridine rings is 1. The Morgan fingerprint density at radius 1 is 1.28 bits per heavy atom. The molecule has 32 heavy (non-hydrogen) atoms. The van der Waals surface area contributed by atoms with Crippen LogP contribution in [-0.2, 0) is 4.79 Å². The van der Waals surface area contributed by atoms with Gasteiger partial charge >= 0.3 is 0 Å². The first kappa shape index (κ1) is 22.1. The first-order valence-electron chi connectivity index (χ1n) is 10.5. The molecule has 1 saturated heterocycles. The Labute approximate surface area is 189 Å². The summed E-state index contributed by atoms with van der Waals surface area (Å²) in [6.45, 7) is 7.38. The minimum absolute atomic E-state index is 0.0880. The van der Waals surface area contributed by atoms with E-state index >= 15 is 0 Å².